The van der Waals surface area contributed by atoms with Crippen LogP contribution in [0.25, 0.3) is 179 Å². The first-order valence-electron chi connectivity index (χ1n) is 34.3. The molecule has 0 bridgehead atoms. The molecule has 0 aliphatic heterocycles. The predicted octanol–water partition coefficient (Wildman–Crippen LogP) is 22.6. The van der Waals surface area contributed by atoms with Crippen LogP contribution in [-0.2, 0) is 5.41 Å². The third kappa shape index (κ3) is 9.69. The Balaban J connectivity index is 0.644. The molecule has 9 heteroatoms. The largest absolute Gasteiger partial charge is 0.454 e. The highest BCUT2D eigenvalue weighted by Gasteiger charge is 2.51. The van der Waals surface area contributed by atoms with Gasteiger partial charge in [-0.1, -0.05) is 267 Å². The molecule has 1 unspecified atom stereocenters. The molecular weight excluding hydrogens is 1250 g/mol. The highest BCUT2D eigenvalue weighted by molar-refractivity contribution is 6.15. The average molecular weight is 1300 g/mol. The molecule has 18 aromatic rings. The fourth-order valence-corrected chi connectivity index (χ4v) is 15.5. The molecule has 102 heavy (non-hydrogen) atoms. The number of hydrogen-bond donors (Lipinski definition) is 0. The first-order valence-corrected chi connectivity index (χ1v) is 34.3. The first-order chi connectivity index (χ1) is 50.5. The van der Waals surface area contributed by atoms with Crippen LogP contribution in [0.5, 0.6) is 0 Å². The maximum absolute atomic E-state index is 6.75. The van der Waals surface area contributed by atoms with E-state index in [1.54, 1.807) is 6.20 Å². The van der Waals surface area contributed by atoms with E-state index in [1.165, 1.54) is 44.5 Å². The molecule has 0 saturated heterocycles. The predicted molar refractivity (Wildman–Crippen MR) is 410 cm³/mol. The molecule has 1 atom stereocenters. The summed E-state index contributed by atoms with van der Waals surface area (Å²) in [5.41, 5.74) is 28.6. The van der Waals surface area contributed by atoms with Crippen molar-refractivity contribution in [1.29, 1.82) is 0 Å². The maximum Gasteiger partial charge on any atom is 0.164 e. The van der Waals surface area contributed by atoms with Crippen molar-refractivity contribution in [2.45, 2.75) is 5.41 Å². The number of furan rings is 1. The van der Waals surface area contributed by atoms with Gasteiger partial charge in [-0.15, -0.1) is 0 Å². The Morgan fingerprint density at radius 1 is 0.235 bits per heavy atom. The number of pyridine rings is 2. The minimum atomic E-state index is -0.526. The van der Waals surface area contributed by atoms with Gasteiger partial charge in [0.1, 0.15) is 11.1 Å². The molecule has 5 aromatic heterocycles. The van der Waals surface area contributed by atoms with Crippen molar-refractivity contribution in [1.82, 2.24) is 39.9 Å². The van der Waals surface area contributed by atoms with Gasteiger partial charge >= 0.3 is 0 Å². The number of aromatic nitrogens is 8. The lowest BCUT2D eigenvalue weighted by molar-refractivity contribution is 0.670. The quantitative estimate of drug-likeness (QED) is 0.125. The van der Waals surface area contributed by atoms with Gasteiger partial charge in [-0.2, -0.15) is 0 Å². The normalized spacial score (nSPS) is 13.3. The van der Waals surface area contributed by atoms with Gasteiger partial charge in [-0.3, -0.25) is 4.98 Å². The van der Waals surface area contributed by atoms with E-state index in [1.807, 2.05) is 128 Å². The van der Waals surface area contributed by atoms with Crippen LogP contribution < -0.4 is 0 Å². The summed E-state index contributed by atoms with van der Waals surface area (Å²) in [5, 5.41) is 1.94. The third-order valence-corrected chi connectivity index (χ3v) is 20.3. The van der Waals surface area contributed by atoms with Crippen LogP contribution >= 0.6 is 0 Å². The minimum absolute atomic E-state index is 0.526. The van der Waals surface area contributed by atoms with E-state index < -0.39 is 5.41 Å². The standard InChI is InChI=1S/C93H56N8O/c1-4-20-59(21-5-1)87-96-88(60-22-6-2-7-23-60)98-90(97-87)62-41-37-57(38-42-62)64-26-18-27-65(50-64)67-46-48-81-77(55-67)73-30-11-15-34-79(73)93(81)78-33-14-10-29-72(78)76-54-66(45-47-80(76)93)58-39-43-63(44-40-58)91-99-89(61-24-8-3-9-25-61)100-92(101-91)71-52-69(68-28-19-49-94-56-68)51-70(53-71)84-74-31-12-16-35-82(74)95-85-75-32-13-17-36-83(75)102-86(84)85/h1-56H. The Hall–Kier alpha value is -13.8. The highest BCUT2D eigenvalue weighted by Crippen LogP contribution is 2.63. The fraction of sp³-hybridized carbons (Fsp3) is 0.0108. The van der Waals surface area contributed by atoms with Crippen LogP contribution in [0.1, 0.15) is 22.3 Å². The number of hydrogen-bond acceptors (Lipinski definition) is 9. The van der Waals surface area contributed by atoms with E-state index in [4.69, 9.17) is 39.3 Å². The summed E-state index contributed by atoms with van der Waals surface area (Å²) in [6.07, 6.45) is 3.69. The van der Waals surface area contributed by atoms with Gasteiger partial charge in [0.2, 0.25) is 0 Å². The number of para-hydroxylation sites is 2. The molecule has 13 aromatic carbocycles. The number of nitrogens with zero attached hydrogens (tertiary/aromatic N) is 8. The summed E-state index contributed by atoms with van der Waals surface area (Å²) in [4.78, 5) is 40.5. The monoisotopic (exact) mass is 1300 g/mol. The zero-order chi connectivity index (χ0) is 67.2. The minimum Gasteiger partial charge on any atom is -0.454 e. The summed E-state index contributed by atoms with van der Waals surface area (Å²) < 4.78 is 6.75. The van der Waals surface area contributed by atoms with Gasteiger partial charge in [0.15, 0.2) is 40.5 Å². The second kappa shape index (κ2) is 23.8. The SMILES string of the molecule is c1ccc(-c2nc(-c3ccccc3)nc(-c3ccc(-c4cccc(-c5ccc6c(c5)-c5ccccc5C65c6ccccc6-c6cc(-c7ccc(-c8nc(-c9ccccc9)nc(-c9cc(-c%10cccnc%10)cc(-c%10c%11ccccc%11nc%11c%10oc%10ccccc%10%11)c9)n8)cc7)ccc65)c4)cc3)n2)cc1. The zero-order valence-corrected chi connectivity index (χ0v) is 54.8. The van der Waals surface area contributed by atoms with E-state index in [2.05, 4.69) is 211 Å². The van der Waals surface area contributed by atoms with E-state index in [0.717, 1.165) is 122 Å². The van der Waals surface area contributed by atoms with Gasteiger partial charge in [0, 0.05) is 67.7 Å². The summed E-state index contributed by atoms with van der Waals surface area (Å²) in [5.74, 6) is 3.57. The van der Waals surface area contributed by atoms with Gasteiger partial charge in [0.05, 0.1) is 10.9 Å². The van der Waals surface area contributed by atoms with Crippen molar-refractivity contribution in [3.05, 3.63) is 362 Å². The van der Waals surface area contributed by atoms with Crippen molar-refractivity contribution in [3.8, 4) is 146 Å². The van der Waals surface area contributed by atoms with Crippen LogP contribution in [0.3, 0.4) is 0 Å². The molecule has 1 spiro atoms. The molecule has 0 fully saturated rings. The molecule has 20 rings (SSSR count). The van der Waals surface area contributed by atoms with E-state index >= 15 is 0 Å². The Morgan fingerprint density at radius 2 is 0.618 bits per heavy atom. The van der Waals surface area contributed by atoms with Crippen LogP contribution in [0.15, 0.2) is 344 Å². The number of fused-ring (bicyclic) bond motifs is 14. The molecule has 5 heterocycles. The van der Waals surface area contributed by atoms with Gasteiger partial charge in [-0.05, 0) is 150 Å². The summed E-state index contributed by atoms with van der Waals surface area (Å²) >= 11 is 0. The van der Waals surface area contributed by atoms with Crippen molar-refractivity contribution in [3.63, 3.8) is 0 Å². The Bertz CT molecular complexity index is 6300. The molecule has 9 nitrogen and oxygen atoms in total. The molecular formula is C93H56N8O. The topological polar surface area (TPSA) is 116 Å². The van der Waals surface area contributed by atoms with E-state index in [9.17, 15) is 0 Å². The van der Waals surface area contributed by atoms with Gasteiger partial charge in [-0.25, -0.2) is 34.9 Å². The highest BCUT2D eigenvalue weighted by atomic mass is 16.3. The zero-order valence-electron chi connectivity index (χ0n) is 54.8. The lowest BCUT2D eigenvalue weighted by Crippen LogP contribution is -2.25. The molecule has 0 saturated carbocycles. The Labute approximate surface area is 587 Å². The molecule has 0 radical (unpaired) electrons. The molecule has 2 aliphatic rings. The van der Waals surface area contributed by atoms with Crippen molar-refractivity contribution in [2.24, 2.45) is 0 Å². The first kappa shape index (κ1) is 58.4. The van der Waals surface area contributed by atoms with Crippen LogP contribution in [0.2, 0.25) is 0 Å². The maximum atomic E-state index is 6.75. The van der Waals surface area contributed by atoms with Crippen LogP contribution in [-0.4, -0.2) is 39.9 Å². The Morgan fingerprint density at radius 3 is 1.17 bits per heavy atom. The van der Waals surface area contributed by atoms with Crippen molar-refractivity contribution < 1.29 is 4.42 Å². The number of rotatable bonds is 11. The van der Waals surface area contributed by atoms with Crippen LogP contribution in [0.4, 0.5) is 0 Å². The van der Waals surface area contributed by atoms with Gasteiger partial charge < -0.3 is 4.42 Å². The molecule has 2 aliphatic carbocycles. The summed E-state index contributed by atoms with van der Waals surface area (Å²) in [6.45, 7) is 0. The average Bonchev–Trinajstić information content (AvgIpc) is 1.51. The van der Waals surface area contributed by atoms with E-state index in [0.29, 0.717) is 34.9 Å². The van der Waals surface area contributed by atoms with Gasteiger partial charge in [0.25, 0.3) is 0 Å². The molecule has 0 amide bonds. The lowest BCUT2D eigenvalue weighted by Gasteiger charge is -2.30. The fourth-order valence-electron chi connectivity index (χ4n) is 15.5. The van der Waals surface area contributed by atoms with E-state index in [-0.39, 0.29) is 0 Å². The van der Waals surface area contributed by atoms with Crippen molar-refractivity contribution in [2.75, 3.05) is 0 Å². The third-order valence-electron chi connectivity index (χ3n) is 20.3. The molecule has 0 N–H and O–H groups in total. The summed E-state index contributed by atoms with van der Waals surface area (Å²) in [6, 6.07) is 116. The Kier molecular flexibility index (Phi) is 13.6. The van der Waals surface area contributed by atoms with Crippen LogP contribution in [0, 0.1) is 0 Å². The second-order valence-electron chi connectivity index (χ2n) is 26.1. The molecule has 474 valence electrons. The number of benzene rings is 13. The summed E-state index contributed by atoms with van der Waals surface area (Å²) in [7, 11) is 0. The second-order valence-corrected chi connectivity index (χ2v) is 26.1. The van der Waals surface area contributed by atoms with Crippen molar-refractivity contribution >= 4 is 33.0 Å². The lowest BCUT2D eigenvalue weighted by atomic mass is 9.70. The smallest absolute Gasteiger partial charge is 0.164 e.